The first-order valence-corrected chi connectivity index (χ1v) is 11.5. The number of rotatable bonds is 4. The minimum absolute atomic E-state index is 0.168. The van der Waals surface area contributed by atoms with Gasteiger partial charge in [-0.2, -0.15) is 9.36 Å². The normalized spacial score (nSPS) is 24.4. The summed E-state index contributed by atoms with van der Waals surface area (Å²) in [4.78, 5) is 25.7. The Morgan fingerprint density at radius 1 is 1.19 bits per heavy atom. The molecule has 32 heavy (non-hydrogen) atoms. The summed E-state index contributed by atoms with van der Waals surface area (Å²) in [5.74, 6) is 3.38. The average Bonchev–Trinajstić information content (AvgIpc) is 3.38. The Kier molecular flexibility index (Phi) is 3.73. The van der Waals surface area contributed by atoms with Crippen LogP contribution in [0.25, 0.3) is 21.3 Å². The van der Waals surface area contributed by atoms with Crippen LogP contribution in [0.4, 0.5) is 0 Å². The smallest absolute Gasteiger partial charge is 0.280 e. The van der Waals surface area contributed by atoms with Gasteiger partial charge in [-0.05, 0) is 59.8 Å². The number of aromatic nitrogens is 7. The third kappa shape index (κ3) is 2.68. The van der Waals surface area contributed by atoms with Crippen LogP contribution >= 0.6 is 11.5 Å². The first-order valence-electron chi connectivity index (χ1n) is 10.7. The van der Waals surface area contributed by atoms with Gasteiger partial charge >= 0.3 is 0 Å². The lowest BCUT2D eigenvalue weighted by Gasteiger charge is -2.13. The quantitative estimate of drug-likeness (QED) is 0.419. The zero-order valence-corrected chi connectivity index (χ0v) is 18.1. The molecule has 4 atom stereocenters. The Balaban J connectivity index is 1.07. The molecule has 7 rings (SSSR count). The highest BCUT2D eigenvalue weighted by Crippen LogP contribution is 2.66. The molecule has 160 valence electrons. The van der Waals surface area contributed by atoms with Crippen molar-refractivity contribution in [2.45, 2.75) is 31.2 Å². The van der Waals surface area contributed by atoms with Gasteiger partial charge in [-0.25, -0.2) is 9.97 Å². The van der Waals surface area contributed by atoms with Crippen molar-refractivity contribution in [3.8, 4) is 0 Å². The maximum absolute atomic E-state index is 12.7. The Morgan fingerprint density at radius 3 is 2.91 bits per heavy atom. The first-order chi connectivity index (χ1) is 15.7. The van der Waals surface area contributed by atoms with Gasteiger partial charge in [0, 0.05) is 24.5 Å². The number of imidazole rings is 1. The second-order valence-corrected chi connectivity index (χ2v) is 9.73. The molecule has 0 aliphatic heterocycles. The SMILES string of the molecule is Cn1cnc2ncn(Cc3nc(C4[C@H]5CC(c6ccc7sncc7c6)C[C@@H]45)no3)c(=O)c21. The van der Waals surface area contributed by atoms with E-state index in [1.165, 1.54) is 26.5 Å². The molecule has 4 aromatic heterocycles. The lowest BCUT2D eigenvalue weighted by Crippen LogP contribution is -2.22. The zero-order chi connectivity index (χ0) is 21.4. The fraction of sp³-hybridized carbons (Fsp3) is 0.364. The minimum Gasteiger partial charge on any atom is -0.337 e. The standard InChI is InChI=1S/C22H19N7O2S/c1-28-9-23-21-19(28)22(30)29(10-24-21)8-17-26-20(27-31-17)18-14-5-12(6-15(14)18)11-2-3-16-13(4-11)7-25-32-16/h2-4,7,9-10,12,14-15,18H,5-6,8H2,1H3/t12?,14-,15+,18?. The third-order valence-corrected chi connectivity index (χ3v) is 7.86. The molecule has 0 radical (unpaired) electrons. The van der Waals surface area contributed by atoms with Crippen molar-refractivity contribution in [2.75, 3.05) is 0 Å². The van der Waals surface area contributed by atoms with E-state index in [9.17, 15) is 4.79 Å². The van der Waals surface area contributed by atoms with Gasteiger partial charge in [0.05, 0.1) is 11.0 Å². The summed E-state index contributed by atoms with van der Waals surface area (Å²) >= 11 is 1.54. The van der Waals surface area contributed by atoms with Crippen LogP contribution in [0, 0.1) is 11.8 Å². The molecule has 2 saturated carbocycles. The molecule has 0 amide bonds. The molecule has 2 aliphatic rings. The molecular weight excluding hydrogens is 426 g/mol. The summed E-state index contributed by atoms with van der Waals surface area (Å²) in [6.45, 7) is 0.208. The predicted octanol–water partition coefficient (Wildman–Crippen LogP) is 3.08. The van der Waals surface area contributed by atoms with Gasteiger partial charge in [0.25, 0.3) is 5.56 Å². The predicted molar refractivity (Wildman–Crippen MR) is 117 cm³/mol. The van der Waals surface area contributed by atoms with Gasteiger partial charge in [-0.1, -0.05) is 11.2 Å². The van der Waals surface area contributed by atoms with Crippen molar-refractivity contribution in [3.05, 3.63) is 64.7 Å². The molecule has 0 N–H and O–H groups in total. The largest absolute Gasteiger partial charge is 0.337 e. The van der Waals surface area contributed by atoms with Gasteiger partial charge in [0.2, 0.25) is 5.89 Å². The average molecular weight is 446 g/mol. The molecule has 2 unspecified atom stereocenters. The van der Waals surface area contributed by atoms with E-state index in [1.54, 1.807) is 29.5 Å². The highest BCUT2D eigenvalue weighted by atomic mass is 32.1. The molecule has 5 aromatic rings. The highest BCUT2D eigenvalue weighted by molar-refractivity contribution is 7.13. The Hall–Kier alpha value is -3.40. The molecule has 4 heterocycles. The Bertz CT molecular complexity index is 1530. The van der Waals surface area contributed by atoms with Gasteiger partial charge in [0.1, 0.15) is 12.9 Å². The van der Waals surface area contributed by atoms with Crippen molar-refractivity contribution < 1.29 is 4.52 Å². The topological polar surface area (TPSA) is 105 Å². The maximum Gasteiger partial charge on any atom is 0.280 e. The van der Waals surface area contributed by atoms with Crippen molar-refractivity contribution in [1.82, 2.24) is 33.6 Å². The maximum atomic E-state index is 12.7. The summed E-state index contributed by atoms with van der Waals surface area (Å²) in [6, 6.07) is 6.73. The lowest BCUT2D eigenvalue weighted by atomic mass is 9.91. The second kappa shape index (κ2) is 6.55. The number of aryl methyl sites for hydroxylation is 1. The van der Waals surface area contributed by atoms with E-state index in [0.717, 1.165) is 18.7 Å². The molecule has 2 aliphatic carbocycles. The molecule has 9 nitrogen and oxygen atoms in total. The fourth-order valence-corrected chi connectivity index (χ4v) is 6.06. The summed E-state index contributed by atoms with van der Waals surface area (Å²) in [5, 5.41) is 5.48. The molecule has 0 saturated heterocycles. The van der Waals surface area contributed by atoms with Crippen LogP contribution in [0.1, 0.15) is 42.0 Å². The van der Waals surface area contributed by atoms with Crippen molar-refractivity contribution in [2.24, 2.45) is 18.9 Å². The van der Waals surface area contributed by atoms with Gasteiger partial charge in [-0.15, -0.1) is 0 Å². The molecule has 1 aromatic carbocycles. The van der Waals surface area contributed by atoms with Crippen LogP contribution in [0.2, 0.25) is 0 Å². The summed E-state index contributed by atoms with van der Waals surface area (Å²) in [7, 11) is 1.78. The van der Waals surface area contributed by atoms with E-state index >= 15 is 0 Å². The van der Waals surface area contributed by atoms with Crippen LogP contribution in [-0.4, -0.2) is 33.6 Å². The number of hydrogen-bond donors (Lipinski definition) is 0. The monoisotopic (exact) mass is 445 g/mol. The van der Waals surface area contributed by atoms with Crippen LogP contribution in [0.15, 0.2) is 46.4 Å². The van der Waals surface area contributed by atoms with Gasteiger partial charge < -0.3 is 9.09 Å². The highest BCUT2D eigenvalue weighted by Gasteiger charge is 2.58. The summed E-state index contributed by atoms with van der Waals surface area (Å²) < 4.78 is 14.2. The summed E-state index contributed by atoms with van der Waals surface area (Å²) in [6.07, 6.45) is 7.34. The first kappa shape index (κ1) is 18.2. The van der Waals surface area contributed by atoms with Crippen molar-refractivity contribution >= 4 is 32.8 Å². The number of benzene rings is 1. The van der Waals surface area contributed by atoms with Crippen molar-refractivity contribution in [3.63, 3.8) is 0 Å². The number of hydrogen-bond acceptors (Lipinski definition) is 8. The van der Waals surface area contributed by atoms with E-state index < -0.39 is 0 Å². The fourth-order valence-electron chi connectivity index (χ4n) is 5.44. The van der Waals surface area contributed by atoms with Crippen LogP contribution < -0.4 is 5.56 Å². The molecule has 2 fully saturated rings. The summed E-state index contributed by atoms with van der Waals surface area (Å²) in [5.41, 5.74) is 2.15. The molecular formula is C22H19N7O2S. The third-order valence-electron chi connectivity index (χ3n) is 7.08. The second-order valence-electron chi connectivity index (χ2n) is 8.90. The van der Waals surface area contributed by atoms with E-state index in [-0.39, 0.29) is 12.1 Å². The van der Waals surface area contributed by atoms with Gasteiger partial charge in [0.15, 0.2) is 17.0 Å². The number of fused-ring (bicyclic) bond motifs is 3. The Morgan fingerprint density at radius 2 is 2.03 bits per heavy atom. The van der Waals surface area contributed by atoms with Crippen molar-refractivity contribution in [1.29, 1.82) is 0 Å². The van der Waals surface area contributed by atoms with Crippen LogP contribution in [-0.2, 0) is 13.6 Å². The zero-order valence-electron chi connectivity index (χ0n) is 17.3. The number of nitrogens with zero attached hydrogens (tertiary/aromatic N) is 7. The van der Waals surface area contributed by atoms with Crippen LogP contribution in [0.3, 0.4) is 0 Å². The van der Waals surface area contributed by atoms with E-state index in [0.29, 0.717) is 40.7 Å². The van der Waals surface area contributed by atoms with Crippen LogP contribution in [0.5, 0.6) is 0 Å². The lowest BCUT2D eigenvalue weighted by molar-refractivity contribution is 0.363. The Labute approximate surface area is 185 Å². The molecule has 0 bridgehead atoms. The van der Waals surface area contributed by atoms with E-state index in [2.05, 4.69) is 42.7 Å². The van der Waals surface area contributed by atoms with Gasteiger partial charge in [-0.3, -0.25) is 9.36 Å². The van der Waals surface area contributed by atoms with E-state index in [1.807, 2.05) is 6.20 Å². The minimum atomic E-state index is -0.168. The molecule has 10 heteroatoms. The molecule has 0 spiro atoms. The van der Waals surface area contributed by atoms with E-state index in [4.69, 9.17) is 4.52 Å².